The molecule has 1 heteroatoms. The van der Waals surface area contributed by atoms with Crippen molar-refractivity contribution in [2.75, 3.05) is 6.61 Å². The number of allylic oxidation sites excluding steroid dienone is 3. The van der Waals surface area contributed by atoms with Gasteiger partial charge in [-0.15, -0.1) is 0 Å². The minimum absolute atomic E-state index is 0.711. The van der Waals surface area contributed by atoms with Crippen LogP contribution in [-0.4, -0.2) is 6.61 Å². The first-order valence-corrected chi connectivity index (χ1v) is 9.31. The van der Waals surface area contributed by atoms with Gasteiger partial charge >= 0.3 is 0 Å². The van der Waals surface area contributed by atoms with Gasteiger partial charge < -0.3 is 4.74 Å². The number of hydrogen-bond acceptors (Lipinski definition) is 1. The van der Waals surface area contributed by atoms with E-state index in [4.69, 9.17) is 4.74 Å². The van der Waals surface area contributed by atoms with Crippen LogP contribution in [0.4, 0.5) is 0 Å². The molecule has 0 unspecified atom stereocenters. The van der Waals surface area contributed by atoms with Gasteiger partial charge in [-0.1, -0.05) is 62.4 Å². The maximum Gasteiger partial charge on any atom is 0.0721 e. The van der Waals surface area contributed by atoms with E-state index in [1.165, 1.54) is 36.8 Å². The molecule has 0 N–H and O–H groups in total. The molecule has 0 saturated heterocycles. The fourth-order valence-electron chi connectivity index (χ4n) is 3.34. The molecule has 1 nitrogen and oxygen atoms in total. The van der Waals surface area contributed by atoms with E-state index in [0.717, 1.165) is 24.7 Å². The van der Waals surface area contributed by atoms with Crippen LogP contribution in [-0.2, 0) is 11.3 Å². The van der Waals surface area contributed by atoms with Gasteiger partial charge in [-0.3, -0.25) is 0 Å². The Bertz CT molecular complexity index is 475. The lowest BCUT2D eigenvalue weighted by atomic mass is 9.78. The van der Waals surface area contributed by atoms with E-state index < -0.39 is 0 Å². The summed E-state index contributed by atoms with van der Waals surface area (Å²) in [6.45, 7) is 5.78. The quantitative estimate of drug-likeness (QED) is 0.398. The van der Waals surface area contributed by atoms with Crippen LogP contribution in [0.2, 0.25) is 0 Å². The number of hydrogen-bond donors (Lipinski definition) is 0. The Morgan fingerprint density at radius 1 is 0.913 bits per heavy atom. The van der Waals surface area contributed by atoms with Gasteiger partial charge in [-0.2, -0.15) is 0 Å². The Kier molecular flexibility index (Phi) is 8.17. The third-order valence-corrected chi connectivity index (χ3v) is 4.75. The second-order valence-corrected chi connectivity index (χ2v) is 6.58. The molecule has 2 rings (SSSR count). The summed E-state index contributed by atoms with van der Waals surface area (Å²) in [5.74, 6) is 1.57. The van der Waals surface area contributed by atoms with Gasteiger partial charge in [0.2, 0.25) is 0 Å². The fraction of sp³-hybridized carbons (Fsp3) is 0.545. The first-order chi connectivity index (χ1) is 11.3. The average molecular weight is 312 g/mol. The van der Waals surface area contributed by atoms with Crippen molar-refractivity contribution >= 4 is 0 Å². The normalized spacial score (nSPS) is 22.2. The fourth-order valence-corrected chi connectivity index (χ4v) is 3.34. The molecule has 1 aromatic carbocycles. The van der Waals surface area contributed by atoms with Crippen LogP contribution in [0.5, 0.6) is 0 Å². The topological polar surface area (TPSA) is 9.23 Å². The first-order valence-electron chi connectivity index (χ1n) is 9.31. The summed E-state index contributed by atoms with van der Waals surface area (Å²) in [6.07, 6.45) is 16.6. The Morgan fingerprint density at radius 3 is 2.26 bits per heavy atom. The number of benzene rings is 1. The molecule has 1 saturated carbocycles. The van der Waals surface area contributed by atoms with E-state index in [-0.39, 0.29) is 0 Å². The summed E-state index contributed by atoms with van der Waals surface area (Å²) in [5.41, 5.74) is 2.79. The summed E-state index contributed by atoms with van der Waals surface area (Å²) in [4.78, 5) is 0. The SMILES string of the molecule is CCC=CCOCc1ccc(C2CCC(C=CCC)CC2)cc1. The van der Waals surface area contributed by atoms with E-state index in [0.29, 0.717) is 13.2 Å². The molecule has 0 atom stereocenters. The van der Waals surface area contributed by atoms with Gasteiger partial charge in [0, 0.05) is 0 Å². The lowest BCUT2D eigenvalue weighted by Gasteiger charge is -2.27. The monoisotopic (exact) mass is 312 g/mol. The Labute approximate surface area is 142 Å². The third kappa shape index (κ3) is 6.35. The molecule has 0 bridgehead atoms. The zero-order chi connectivity index (χ0) is 16.3. The molecule has 0 amide bonds. The van der Waals surface area contributed by atoms with Crippen LogP contribution < -0.4 is 0 Å². The van der Waals surface area contributed by atoms with Crippen LogP contribution in [0.1, 0.15) is 69.4 Å². The molecule has 126 valence electrons. The van der Waals surface area contributed by atoms with Crippen molar-refractivity contribution in [3.05, 3.63) is 59.7 Å². The summed E-state index contributed by atoms with van der Waals surface area (Å²) in [5, 5.41) is 0. The maximum atomic E-state index is 5.66. The minimum Gasteiger partial charge on any atom is -0.373 e. The van der Waals surface area contributed by atoms with Crippen LogP contribution in [0.25, 0.3) is 0 Å². The van der Waals surface area contributed by atoms with Gasteiger partial charge in [0.15, 0.2) is 0 Å². The number of rotatable bonds is 8. The van der Waals surface area contributed by atoms with Crippen molar-refractivity contribution in [2.24, 2.45) is 5.92 Å². The molecule has 0 heterocycles. The highest BCUT2D eigenvalue weighted by Gasteiger charge is 2.20. The third-order valence-electron chi connectivity index (χ3n) is 4.75. The molecule has 1 fully saturated rings. The molecule has 1 aliphatic rings. The molecule has 1 aromatic rings. The van der Waals surface area contributed by atoms with Gasteiger partial charge in [-0.25, -0.2) is 0 Å². The molecular formula is C22H32O. The van der Waals surface area contributed by atoms with E-state index in [1.54, 1.807) is 0 Å². The first kappa shape index (κ1) is 18.0. The molecule has 1 aliphatic carbocycles. The highest BCUT2D eigenvalue weighted by atomic mass is 16.5. The van der Waals surface area contributed by atoms with Gasteiger partial charge in [-0.05, 0) is 61.5 Å². The van der Waals surface area contributed by atoms with Crippen molar-refractivity contribution in [1.29, 1.82) is 0 Å². The van der Waals surface area contributed by atoms with Gasteiger partial charge in [0.25, 0.3) is 0 Å². The molecule has 23 heavy (non-hydrogen) atoms. The van der Waals surface area contributed by atoms with E-state index >= 15 is 0 Å². The second kappa shape index (κ2) is 10.4. The van der Waals surface area contributed by atoms with Crippen LogP contribution in [0, 0.1) is 5.92 Å². The predicted octanol–water partition coefficient (Wildman–Crippen LogP) is 6.41. The molecule has 0 aliphatic heterocycles. The average Bonchev–Trinajstić information content (AvgIpc) is 2.61. The summed E-state index contributed by atoms with van der Waals surface area (Å²) in [6, 6.07) is 9.10. The van der Waals surface area contributed by atoms with Crippen molar-refractivity contribution < 1.29 is 4.74 Å². The highest BCUT2D eigenvalue weighted by molar-refractivity contribution is 5.25. The van der Waals surface area contributed by atoms with Crippen LogP contribution >= 0.6 is 0 Å². The van der Waals surface area contributed by atoms with Crippen molar-refractivity contribution in [1.82, 2.24) is 0 Å². The van der Waals surface area contributed by atoms with Crippen molar-refractivity contribution in [3.8, 4) is 0 Å². The number of ether oxygens (including phenoxy) is 1. The smallest absolute Gasteiger partial charge is 0.0721 e. The van der Waals surface area contributed by atoms with Gasteiger partial charge in [0.05, 0.1) is 13.2 Å². The molecule has 0 radical (unpaired) electrons. The molecule has 0 aromatic heterocycles. The van der Waals surface area contributed by atoms with Gasteiger partial charge in [0.1, 0.15) is 0 Å². The minimum atomic E-state index is 0.711. The summed E-state index contributed by atoms with van der Waals surface area (Å²) in [7, 11) is 0. The van der Waals surface area contributed by atoms with E-state index in [1.807, 2.05) is 0 Å². The summed E-state index contributed by atoms with van der Waals surface area (Å²) >= 11 is 0. The Balaban J connectivity index is 1.77. The standard InChI is InChI=1S/C22H32O/c1-3-5-7-17-23-18-20-11-15-22(16-12-20)21-13-9-19(10-14-21)8-6-4-2/h5-8,11-12,15-16,19,21H,3-4,9-10,13-14,17-18H2,1-2H3. The summed E-state index contributed by atoms with van der Waals surface area (Å²) < 4.78 is 5.66. The lowest BCUT2D eigenvalue weighted by Crippen LogP contribution is -2.11. The zero-order valence-electron chi connectivity index (χ0n) is 14.8. The highest BCUT2D eigenvalue weighted by Crippen LogP contribution is 2.36. The van der Waals surface area contributed by atoms with Crippen molar-refractivity contribution in [3.63, 3.8) is 0 Å². The lowest BCUT2D eigenvalue weighted by molar-refractivity contribution is 0.148. The maximum absolute atomic E-state index is 5.66. The Hall–Kier alpha value is -1.34. The molecular weight excluding hydrogens is 280 g/mol. The van der Waals surface area contributed by atoms with E-state index in [2.05, 4.69) is 62.4 Å². The second-order valence-electron chi connectivity index (χ2n) is 6.58. The Morgan fingerprint density at radius 2 is 1.61 bits per heavy atom. The zero-order valence-corrected chi connectivity index (χ0v) is 14.8. The van der Waals surface area contributed by atoms with Crippen molar-refractivity contribution in [2.45, 2.75) is 64.9 Å². The predicted molar refractivity (Wildman–Crippen MR) is 99.7 cm³/mol. The molecule has 0 spiro atoms. The van der Waals surface area contributed by atoms with E-state index in [9.17, 15) is 0 Å². The largest absolute Gasteiger partial charge is 0.373 e. The van der Waals surface area contributed by atoms with Crippen LogP contribution in [0.3, 0.4) is 0 Å². The van der Waals surface area contributed by atoms with Crippen LogP contribution in [0.15, 0.2) is 48.6 Å².